The van der Waals surface area contributed by atoms with Gasteiger partial charge >= 0.3 is 0 Å². The van der Waals surface area contributed by atoms with Gasteiger partial charge < -0.3 is 14.8 Å². The number of rotatable bonds is 8. The topological polar surface area (TPSA) is 64.6 Å². The first kappa shape index (κ1) is 17.3. The van der Waals surface area contributed by atoms with Crippen molar-refractivity contribution in [1.82, 2.24) is 5.32 Å². The summed E-state index contributed by atoms with van der Waals surface area (Å²) in [5.74, 6) is 1.62. The van der Waals surface area contributed by atoms with Gasteiger partial charge in [-0.25, -0.2) is 8.42 Å². The van der Waals surface area contributed by atoms with Crippen LogP contribution in [-0.4, -0.2) is 40.7 Å². The second-order valence-corrected chi connectivity index (χ2v) is 7.54. The Balaban J connectivity index is 2.64. The molecule has 0 unspecified atom stereocenters. The third-order valence-electron chi connectivity index (χ3n) is 2.90. The fourth-order valence-corrected chi connectivity index (χ4v) is 2.83. The Morgan fingerprint density at radius 2 is 1.80 bits per heavy atom. The summed E-state index contributed by atoms with van der Waals surface area (Å²) >= 11 is 3.46. The highest BCUT2D eigenvalue weighted by Crippen LogP contribution is 2.33. The molecular formula is C13H20BrNO4S. The van der Waals surface area contributed by atoms with Gasteiger partial charge in [-0.1, -0.05) is 22.9 Å². The third kappa shape index (κ3) is 4.96. The van der Waals surface area contributed by atoms with E-state index in [0.29, 0.717) is 24.6 Å². The molecule has 0 amide bonds. The number of halogens is 1. The van der Waals surface area contributed by atoms with Crippen LogP contribution in [-0.2, 0) is 16.4 Å². The predicted octanol–water partition coefficient (Wildman–Crippen LogP) is 1.99. The molecule has 0 aliphatic heterocycles. The van der Waals surface area contributed by atoms with Crippen LogP contribution in [0, 0.1) is 0 Å². The van der Waals surface area contributed by atoms with E-state index < -0.39 is 9.84 Å². The van der Waals surface area contributed by atoms with E-state index in [1.54, 1.807) is 21.1 Å². The molecule has 0 radical (unpaired) electrons. The summed E-state index contributed by atoms with van der Waals surface area (Å²) in [5.41, 5.74) is 0.983. The second kappa shape index (κ2) is 7.85. The first-order chi connectivity index (χ1) is 9.43. The van der Waals surface area contributed by atoms with Crippen molar-refractivity contribution < 1.29 is 17.9 Å². The van der Waals surface area contributed by atoms with Gasteiger partial charge in [-0.3, -0.25) is 0 Å². The zero-order valence-corrected chi connectivity index (χ0v) is 14.3. The lowest BCUT2D eigenvalue weighted by Gasteiger charge is -2.12. The maximum absolute atomic E-state index is 11.4. The number of hydrogen-bond donors (Lipinski definition) is 1. The van der Waals surface area contributed by atoms with E-state index in [0.717, 1.165) is 10.0 Å². The monoisotopic (exact) mass is 365 g/mol. The zero-order valence-electron chi connectivity index (χ0n) is 11.9. The molecule has 0 saturated heterocycles. The molecule has 0 atom stereocenters. The number of sulfone groups is 1. The van der Waals surface area contributed by atoms with Crippen molar-refractivity contribution >= 4 is 25.8 Å². The Hall–Kier alpha value is -0.790. The first-order valence-electron chi connectivity index (χ1n) is 6.25. The number of benzene rings is 1. The van der Waals surface area contributed by atoms with Crippen molar-refractivity contribution in [1.29, 1.82) is 0 Å². The van der Waals surface area contributed by atoms with Gasteiger partial charge in [0.2, 0.25) is 0 Å². The van der Waals surface area contributed by atoms with Crippen LogP contribution >= 0.6 is 15.9 Å². The lowest BCUT2D eigenvalue weighted by atomic mass is 10.2. The molecular weight excluding hydrogens is 346 g/mol. The quantitative estimate of drug-likeness (QED) is 0.713. The molecule has 0 spiro atoms. The normalized spacial score (nSPS) is 11.4. The third-order valence-corrected chi connectivity index (χ3v) is 5.34. The van der Waals surface area contributed by atoms with E-state index in [2.05, 4.69) is 21.2 Å². The lowest BCUT2D eigenvalue weighted by Crippen LogP contribution is -2.23. The van der Waals surface area contributed by atoms with E-state index in [-0.39, 0.29) is 11.5 Å². The maximum atomic E-state index is 11.4. The summed E-state index contributed by atoms with van der Waals surface area (Å²) in [6.07, 6.45) is 0. The van der Waals surface area contributed by atoms with E-state index in [9.17, 15) is 8.42 Å². The van der Waals surface area contributed by atoms with Gasteiger partial charge in [0.05, 0.1) is 20.0 Å². The van der Waals surface area contributed by atoms with Gasteiger partial charge in [0, 0.05) is 23.3 Å². The fraction of sp³-hybridized carbons (Fsp3) is 0.538. The zero-order chi connectivity index (χ0) is 15.2. The molecule has 7 heteroatoms. The fourth-order valence-electron chi connectivity index (χ4n) is 1.63. The summed E-state index contributed by atoms with van der Waals surface area (Å²) < 4.78 is 34.1. The Bertz CT molecular complexity index is 546. The van der Waals surface area contributed by atoms with E-state index >= 15 is 0 Å². The first-order valence-corrected chi connectivity index (χ1v) is 8.86. The average molecular weight is 366 g/mol. The largest absolute Gasteiger partial charge is 0.493 e. The molecule has 0 aliphatic carbocycles. The van der Waals surface area contributed by atoms with Crippen LogP contribution in [0.3, 0.4) is 0 Å². The highest BCUT2D eigenvalue weighted by molar-refractivity contribution is 9.10. The molecule has 0 saturated carbocycles. The second-order valence-electron chi connectivity index (χ2n) is 4.21. The van der Waals surface area contributed by atoms with Crippen LogP contribution in [0.2, 0.25) is 0 Å². The van der Waals surface area contributed by atoms with Gasteiger partial charge in [0.25, 0.3) is 0 Å². The smallest absolute Gasteiger partial charge is 0.161 e. The molecule has 1 N–H and O–H groups in total. The molecule has 0 fully saturated rings. The van der Waals surface area contributed by atoms with Gasteiger partial charge in [0.15, 0.2) is 21.3 Å². The maximum Gasteiger partial charge on any atom is 0.161 e. The van der Waals surface area contributed by atoms with Gasteiger partial charge in [-0.2, -0.15) is 0 Å². The number of hydrogen-bond acceptors (Lipinski definition) is 5. The summed E-state index contributed by atoms with van der Waals surface area (Å²) in [6.45, 7) is 2.64. The predicted molar refractivity (Wildman–Crippen MR) is 83.3 cm³/mol. The number of ether oxygens (including phenoxy) is 2. The Labute approximate surface area is 128 Å². The highest BCUT2D eigenvalue weighted by Gasteiger charge is 2.10. The minimum atomic E-state index is -2.93. The van der Waals surface area contributed by atoms with Crippen molar-refractivity contribution in [2.24, 2.45) is 0 Å². The molecule has 1 rings (SSSR count). The van der Waals surface area contributed by atoms with Gasteiger partial charge in [0.1, 0.15) is 0 Å². The molecule has 1 aromatic rings. The summed E-state index contributed by atoms with van der Waals surface area (Å²) in [4.78, 5) is 0. The van der Waals surface area contributed by atoms with Crippen molar-refractivity contribution in [2.45, 2.75) is 13.5 Å². The van der Waals surface area contributed by atoms with Gasteiger partial charge in [-0.05, 0) is 17.7 Å². The minimum absolute atomic E-state index is 0.147. The Kier molecular flexibility index (Phi) is 6.78. The molecule has 0 heterocycles. The minimum Gasteiger partial charge on any atom is -0.493 e. The average Bonchev–Trinajstić information content (AvgIpc) is 2.44. The molecule has 0 bridgehead atoms. The van der Waals surface area contributed by atoms with Gasteiger partial charge in [-0.15, -0.1) is 0 Å². The molecule has 0 aliphatic rings. The molecule has 5 nitrogen and oxygen atoms in total. The number of nitrogens with one attached hydrogen (secondary N) is 1. The Morgan fingerprint density at radius 1 is 1.20 bits per heavy atom. The highest BCUT2D eigenvalue weighted by atomic mass is 79.9. The lowest BCUT2D eigenvalue weighted by molar-refractivity contribution is 0.354. The van der Waals surface area contributed by atoms with Crippen LogP contribution < -0.4 is 14.8 Å². The van der Waals surface area contributed by atoms with Crippen LogP contribution in [0.5, 0.6) is 11.5 Å². The van der Waals surface area contributed by atoms with Crippen LogP contribution in [0.25, 0.3) is 0 Å². The summed E-state index contributed by atoms with van der Waals surface area (Å²) in [5, 5.41) is 3.12. The molecule has 1 aromatic carbocycles. The summed E-state index contributed by atoms with van der Waals surface area (Å²) in [6, 6.07) is 3.70. The standard InChI is InChI=1S/C13H20BrNO4S/c1-4-20(16,17)6-5-15-9-10-7-12(18-2)13(19-3)8-11(10)14/h7-8,15H,4-6,9H2,1-3H3. The van der Waals surface area contributed by atoms with Crippen molar-refractivity contribution in [3.8, 4) is 11.5 Å². The van der Waals surface area contributed by atoms with Crippen molar-refractivity contribution in [3.05, 3.63) is 22.2 Å². The number of methoxy groups -OCH3 is 2. The molecule has 0 aromatic heterocycles. The summed E-state index contributed by atoms with van der Waals surface area (Å²) in [7, 11) is 0.235. The van der Waals surface area contributed by atoms with E-state index in [4.69, 9.17) is 9.47 Å². The van der Waals surface area contributed by atoms with Crippen molar-refractivity contribution in [2.75, 3.05) is 32.3 Å². The van der Waals surface area contributed by atoms with E-state index in [1.807, 2.05) is 12.1 Å². The molecule has 20 heavy (non-hydrogen) atoms. The van der Waals surface area contributed by atoms with Crippen molar-refractivity contribution in [3.63, 3.8) is 0 Å². The van der Waals surface area contributed by atoms with Crippen LogP contribution in [0.15, 0.2) is 16.6 Å². The molecule has 114 valence electrons. The van der Waals surface area contributed by atoms with Crippen LogP contribution in [0.1, 0.15) is 12.5 Å². The SMILES string of the molecule is CCS(=O)(=O)CCNCc1cc(OC)c(OC)cc1Br. The Morgan fingerprint density at radius 3 is 2.35 bits per heavy atom. The van der Waals surface area contributed by atoms with Crippen LogP contribution in [0.4, 0.5) is 0 Å². The van der Waals surface area contributed by atoms with E-state index in [1.165, 1.54) is 0 Å².